The molecule has 2 saturated heterocycles. The molecule has 0 aliphatic carbocycles. The van der Waals surface area contributed by atoms with Gasteiger partial charge < -0.3 is 14.0 Å². The number of ether oxygens (including phenoxy) is 1. The number of nitrogens with zero attached hydrogens (tertiary/aromatic N) is 4. The highest BCUT2D eigenvalue weighted by Crippen LogP contribution is 2.23. The highest BCUT2D eigenvalue weighted by molar-refractivity contribution is 5.93. The zero-order chi connectivity index (χ0) is 22.6. The van der Waals surface area contributed by atoms with Crippen molar-refractivity contribution in [3.8, 4) is 0 Å². The maximum Gasteiger partial charge on any atom is 0.274 e. The van der Waals surface area contributed by atoms with Crippen LogP contribution in [0, 0.1) is 12.8 Å². The van der Waals surface area contributed by atoms with Gasteiger partial charge in [-0.1, -0.05) is 30.3 Å². The summed E-state index contributed by atoms with van der Waals surface area (Å²) >= 11 is 0. The molecule has 1 atom stereocenters. The monoisotopic (exact) mass is 446 g/mol. The van der Waals surface area contributed by atoms with Gasteiger partial charge in [-0.2, -0.15) is 0 Å². The number of fused-ring (bicyclic) bond motifs is 1. The number of hydrogen-bond donors (Lipinski definition) is 0. The van der Waals surface area contributed by atoms with E-state index < -0.39 is 0 Å². The molecule has 6 heteroatoms. The minimum absolute atomic E-state index is 0.0246. The van der Waals surface area contributed by atoms with Crippen LogP contribution in [0.4, 0.5) is 0 Å². The normalized spacial score (nSPS) is 19.8. The number of piperidine rings is 1. The molecular formula is C27H34N4O2. The summed E-state index contributed by atoms with van der Waals surface area (Å²) in [5.41, 5.74) is 4.11. The van der Waals surface area contributed by atoms with E-state index in [-0.39, 0.29) is 12.0 Å². The molecule has 0 bridgehead atoms. The van der Waals surface area contributed by atoms with Crippen LogP contribution in [0.5, 0.6) is 0 Å². The first-order chi connectivity index (χ1) is 16.2. The van der Waals surface area contributed by atoms with Crippen molar-refractivity contribution in [2.24, 2.45) is 5.92 Å². The molecule has 174 valence electrons. The standard InChI is InChI=1S/C27H34N4O2/c1-21-7-2-3-8-23(21)18-29-14-11-22(12-15-29)17-31(19-24-9-6-16-33-24)27(32)25-20-30-13-5-4-10-26(30)28-25/h2-5,7-8,10,13,20,22,24H,6,9,11-12,14-19H2,1H3. The molecule has 2 fully saturated rings. The summed E-state index contributed by atoms with van der Waals surface area (Å²) in [4.78, 5) is 22.7. The number of imidazole rings is 1. The first kappa shape index (κ1) is 22.1. The fraction of sp³-hybridized carbons (Fsp3) is 0.481. The number of amides is 1. The number of aromatic nitrogens is 2. The zero-order valence-corrected chi connectivity index (χ0v) is 19.5. The Hall–Kier alpha value is -2.70. The summed E-state index contributed by atoms with van der Waals surface area (Å²) in [7, 11) is 0. The largest absolute Gasteiger partial charge is 0.376 e. The molecule has 1 aromatic carbocycles. The summed E-state index contributed by atoms with van der Waals surface area (Å²) in [6.07, 6.45) is 8.28. The molecule has 6 nitrogen and oxygen atoms in total. The van der Waals surface area contributed by atoms with Crippen molar-refractivity contribution in [3.05, 3.63) is 71.7 Å². The van der Waals surface area contributed by atoms with Crippen LogP contribution in [0.3, 0.4) is 0 Å². The molecule has 0 N–H and O–H groups in total. The highest BCUT2D eigenvalue weighted by Gasteiger charge is 2.29. The minimum Gasteiger partial charge on any atom is -0.376 e. The summed E-state index contributed by atoms with van der Waals surface area (Å²) < 4.78 is 7.80. The third kappa shape index (κ3) is 5.28. The van der Waals surface area contributed by atoms with Crippen molar-refractivity contribution in [2.75, 3.05) is 32.8 Å². The second-order valence-electron chi connectivity index (χ2n) is 9.58. The van der Waals surface area contributed by atoms with E-state index in [1.807, 2.05) is 39.9 Å². The number of rotatable bonds is 7. The Morgan fingerprint density at radius 1 is 1.09 bits per heavy atom. The van der Waals surface area contributed by atoms with Crippen LogP contribution in [0.25, 0.3) is 5.65 Å². The average Bonchev–Trinajstić information content (AvgIpc) is 3.50. The number of likely N-dealkylation sites (tertiary alicyclic amines) is 1. The molecule has 0 saturated carbocycles. The Balaban J connectivity index is 1.23. The Kier molecular flexibility index (Phi) is 6.74. The predicted molar refractivity (Wildman–Crippen MR) is 129 cm³/mol. The van der Waals surface area contributed by atoms with Crippen molar-refractivity contribution >= 4 is 11.6 Å². The molecule has 5 rings (SSSR count). The van der Waals surface area contributed by atoms with Crippen LogP contribution in [0.2, 0.25) is 0 Å². The maximum absolute atomic E-state index is 13.5. The van der Waals surface area contributed by atoms with Crippen molar-refractivity contribution in [1.82, 2.24) is 19.2 Å². The highest BCUT2D eigenvalue weighted by atomic mass is 16.5. The molecule has 2 aliphatic rings. The van der Waals surface area contributed by atoms with Crippen LogP contribution in [-0.4, -0.2) is 64.0 Å². The number of hydrogen-bond acceptors (Lipinski definition) is 4. The quantitative estimate of drug-likeness (QED) is 0.546. The Bertz CT molecular complexity index is 1050. The number of aryl methyl sites for hydroxylation is 1. The van der Waals surface area contributed by atoms with Gasteiger partial charge in [-0.15, -0.1) is 0 Å². The van der Waals surface area contributed by atoms with E-state index >= 15 is 0 Å². The first-order valence-electron chi connectivity index (χ1n) is 12.3. The molecule has 3 aromatic rings. The smallest absolute Gasteiger partial charge is 0.274 e. The SMILES string of the molecule is Cc1ccccc1CN1CCC(CN(CC2CCCO2)C(=O)c2cn3ccccc3n2)CC1. The predicted octanol–water partition coefficient (Wildman–Crippen LogP) is 4.18. The summed E-state index contributed by atoms with van der Waals surface area (Å²) in [6.45, 7) is 7.61. The second-order valence-corrected chi connectivity index (χ2v) is 9.58. The van der Waals surface area contributed by atoms with E-state index in [2.05, 4.69) is 41.1 Å². The topological polar surface area (TPSA) is 50.1 Å². The van der Waals surface area contributed by atoms with E-state index in [1.165, 1.54) is 11.1 Å². The van der Waals surface area contributed by atoms with Crippen LogP contribution in [-0.2, 0) is 11.3 Å². The van der Waals surface area contributed by atoms with Crippen molar-refractivity contribution in [1.29, 1.82) is 0 Å². The van der Waals surface area contributed by atoms with Gasteiger partial charge in [0.1, 0.15) is 11.3 Å². The van der Waals surface area contributed by atoms with Gasteiger partial charge >= 0.3 is 0 Å². The third-order valence-electron chi connectivity index (χ3n) is 7.16. The molecule has 0 radical (unpaired) electrons. The molecule has 2 aliphatic heterocycles. The van der Waals surface area contributed by atoms with E-state index in [4.69, 9.17) is 4.74 Å². The number of pyridine rings is 1. The molecule has 1 amide bonds. The molecular weight excluding hydrogens is 412 g/mol. The van der Waals surface area contributed by atoms with E-state index in [0.29, 0.717) is 18.2 Å². The van der Waals surface area contributed by atoms with E-state index in [9.17, 15) is 4.79 Å². The van der Waals surface area contributed by atoms with Gasteiger partial charge in [0.15, 0.2) is 0 Å². The van der Waals surface area contributed by atoms with Crippen molar-refractivity contribution < 1.29 is 9.53 Å². The summed E-state index contributed by atoms with van der Waals surface area (Å²) in [6, 6.07) is 14.5. The number of benzene rings is 1. The lowest BCUT2D eigenvalue weighted by atomic mass is 9.95. The lowest BCUT2D eigenvalue weighted by Gasteiger charge is -2.35. The fourth-order valence-corrected chi connectivity index (χ4v) is 5.14. The summed E-state index contributed by atoms with van der Waals surface area (Å²) in [5.74, 6) is 0.539. The lowest BCUT2D eigenvalue weighted by Crippen LogP contribution is -2.43. The summed E-state index contributed by atoms with van der Waals surface area (Å²) in [5, 5.41) is 0. The Labute approximate surface area is 196 Å². The van der Waals surface area contributed by atoms with Gasteiger partial charge in [0.25, 0.3) is 5.91 Å². The first-order valence-corrected chi connectivity index (χ1v) is 12.3. The van der Waals surface area contributed by atoms with Gasteiger partial charge in [0.2, 0.25) is 0 Å². The minimum atomic E-state index is 0.0246. The van der Waals surface area contributed by atoms with Gasteiger partial charge in [-0.3, -0.25) is 9.69 Å². The maximum atomic E-state index is 13.5. The number of carbonyl (C=O) groups is 1. The third-order valence-corrected chi connectivity index (χ3v) is 7.16. The van der Waals surface area contributed by atoms with Crippen LogP contribution >= 0.6 is 0 Å². The van der Waals surface area contributed by atoms with Crippen LogP contribution < -0.4 is 0 Å². The average molecular weight is 447 g/mol. The molecule has 33 heavy (non-hydrogen) atoms. The van der Waals surface area contributed by atoms with E-state index in [0.717, 1.165) is 64.1 Å². The Morgan fingerprint density at radius 2 is 1.91 bits per heavy atom. The Morgan fingerprint density at radius 3 is 2.67 bits per heavy atom. The zero-order valence-electron chi connectivity index (χ0n) is 19.5. The van der Waals surface area contributed by atoms with Gasteiger partial charge in [0.05, 0.1) is 6.10 Å². The number of carbonyl (C=O) groups excluding carboxylic acids is 1. The van der Waals surface area contributed by atoms with Gasteiger partial charge in [-0.25, -0.2) is 4.98 Å². The van der Waals surface area contributed by atoms with Crippen LogP contribution in [0.1, 0.15) is 47.3 Å². The molecule has 4 heterocycles. The van der Waals surface area contributed by atoms with E-state index in [1.54, 1.807) is 0 Å². The lowest BCUT2D eigenvalue weighted by molar-refractivity contribution is 0.0441. The van der Waals surface area contributed by atoms with Crippen molar-refractivity contribution in [3.63, 3.8) is 0 Å². The van der Waals surface area contributed by atoms with Crippen LogP contribution in [0.15, 0.2) is 54.9 Å². The molecule has 2 aromatic heterocycles. The second kappa shape index (κ2) is 10.1. The molecule has 0 spiro atoms. The molecule has 1 unspecified atom stereocenters. The fourth-order valence-electron chi connectivity index (χ4n) is 5.14. The van der Waals surface area contributed by atoms with Gasteiger partial charge in [0, 0.05) is 38.6 Å². The van der Waals surface area contributed by atoms with Crippen molar-refractivity contribution in [2.45, 2.75) is 45.3 Å². The van der Waals surface area contributed by atoms with Gasteiger partial charge in [-0.05, 0) is 74.9 Å².